The quantitative estimate of drug-likeness (QED) is 0.787. The van der Waals surface area contributed by atoms with Gasteiger partial charge in [-0.05, 0) is 20.8 Å². The number of allylic oxidation sites excluding steroid dienone is 2. The van der Waals surface area contributed by atoms with E-state index in [1.54, 1.807) is 12.1 Å². The minimum Gasteiger partial charge on any atom is -0.294 e. The predicted molar refractivity (Wildman–Crippen MR) is 99.4 cm³/mol. The van der Waals surface area contributed by atoms with Gasteiger partial charge in [0, 0.05) is 13.6 Å². The van der Waals surface area contributed by atoms with Crippen molar-refractivity contribution in [2.24, 2.45) is 12.1 Å². The van der Waals surface area contributed by atoms with E-state index in [-0.39, 0.29) is 18.1 Å². The van der Waals surface area contributed by atoms with Gasteiger partial charge >= 0.3 is 5.69 Å². The molecule has 132 valence electrons. The first kappa shape index (κ1) is 16.9. The van der Waals surface area contributed by atoms with Crippen molar-refractivity contribution in [1.82, 2.24) is 18.7 Å². The topological polar surface area (TPSA) is 77.4 Å². The van der Waals surface area contributed by atoms with Crippen molar-refractivity contribution in [3.05, 3.63) is 45.6 Å². The van der Waals surface area contributed by atoms with E-state index in [1.165, 1.54) is 15.2 Å². The van der Waals surface area contributed by atoms with Crippen LogP contribution in [-0.4, -0.2) is 30.9 Å². The monoisotopic (exact) mass is 342 g/mol. The average Bonchev–Trinajstić information content (AvgIpc) is 3.00. The van der Waals surface area contributed by atoms with Crippen LogP contribution in [0, 0.1) is 0 Å². The van der Waals surface area contributed by atoms with E-state index in [0.29, 0.717) is 23.7 Å². The minimum absolute atomic E-state index is 0.121. The summed E-state index contributed by atoms with van der Waals surface area (Å²) in [6.45, 7) is 10.2. The van der Waals surface area contributed by atoms with Crippen molar-refractivity contribution in [3.8, 4) is 0 Å². The summed E-state index contributed by atoms with van der Waals surface area (Å²) >= 11 is 0. The Morgan fingerprint density at radius 3 is 2.64 bits per heavy atom. The molecule has 0 bridgehead atoms. The molecular weight excluding hydrogens is 320 g/mol. The number of imidazole rings is 1. The maximum Gasteiger partial charge on any atom is 0.332 e. The maximum absolute atomic E-state index is 13.0. The molecule has 0 unspecified atom stereocenters. The first-order valence-electron chi connectivity index (χ1n) is 8.18. The Kier molecular flexibility index (Phi) is 4.20. The molecule has 0 aliphatic carbocycles. The summed E-state index contributed by atoms with van der Waals surface area (Å²) in [5, 5.41) is 6.33. The molecule has 0 fully saturated rings. The minimum atomic E-state index is -0.404. The highest BCUT2D eigenvalue weighted by atomic mass is 16.2. The van der Waals surface area contributed by atoms with Crippen molar-refractivity contribution in [1.29, 1.82) is 0 Å². The Morgan fingerprint density at radius 1 is 1.28 bits per heavy atom. The molecule has 25 heavy (non-hydrogen) atoms. The standard InChI is InChI=1S/C17H22N6O2/c1-6-8-10-22-16-18-14-13(23(16)12(4)11(3)19-22)15(24)21(9-7-2)17(25)20(14)5/h6-8,12H,2,9-10H2,1,3-5H3/b8-6+/t12-/m0/s1. The molecule has 2 aromatic heterocycles. The van der Waals surface area contributed by atoms with Gasteiger partial charge in [0.15, 0.2) is 11.2 Å². The zero-order chi connectivity index (χ0) is 18.3. The molecule has 1 aliphatic heterocycles. The summed E-state index contributed by atoms with van der Waals surface area (Å²) in [7, 11) is 1.62. The van der Waals surface area contributed by atoms with Gasteiger partial charge in [-0.3, -0.25) is 18.5 Å². The van der Waals surface area contributed by atoms with Crippen LogP contribution in [0.1, 0.15) is 26.8 Å². The van der Waals surface area contributed by atoms with Crippen molar-refractivity contribution in [3.63, 3.8) is 0 Å². The molecular formula is C17H22N6O2. The number of hydrogen-bond donors (Lipinski definition) is 0. The molecule has 0 amide bonds. The Labute approximate surface area is 145 Å². The number of nitrogens with zero attached hydrogens (tertiary/aromatic N) is 6. The van der Waals surface area contributed by atoms with E-state index in [1.807, 2.05) is 37.5 Å². The smallest absolute Gasteiger partial charge is 0.294 e. The third kappa shape index (κ3) is 2.45. The molecule has 0 saturated heterocycles. The van der Waals surface area contributed by atoms with Crippen LogP contribution in [0.15, 0.2) is 39.5 Å². The van der Waals surface area contributed by atoms with Crippen LogP contribution in [0.4, 0.5) is 5.95 Å². The lowest BCUT2D eigenvalue weighted by Gasteiger charge is -2.28. The summed E-state index contributed by atoms with van der Waals surface area (Å²) in [5.74, 6) is 0.564. The van der Waals surface area contributed by atoms with Crippen LogP contribution in [0.25, 0.3) is 11.2 Å². The van der Waals surface area contributed by atoms with Crippen molar-refractivity contribution >= 4 is 22.8 Å². The molecule has 2 aromatic rings. The Hall–Kier alpha value is -2.90. The second-order valence-electron chi connectivity index (χ2n) is 6.07. The summed E-state index contributed by atoms with van der Waals surface area (Å²) in [5.41, 5.74) is 0.890. The lowest BCUT2D eigenvalue weighted by molar-refractivity contribution is 0.638. The van der Waals surface area contributed by atoms with Gasteiger partial charge in [0.2, 0.25) is 5.95 Å². The number of hydrazone groups is 1. The van der Waals surface area contributed by atoms with E-state index in [9.17, 15) is 9.59 Å². The largest absolute Gasteiger partial charge is 0.332 e. The van der Waals surface area contributed by atoms with E-state index in [0.717, 1.165) is 5.71 Å². The number of aryl methyl sites for hydroxylation is 1. The van der Waals surface area contributed by atoms with Gasteiger partial charge in [-0.1, -0.05) is 18.2 Å². The van der Waals surface area contributed by atoms with Crippen molar-refractivity contribution in [2.45, 2.75) is 33.4 Å². The Morgan fingerprint density at radius 2 is 2.00 bits per heavy atom. The molecule has 0 radical (unpaired) electrons. The first-order valence-corrected chi connectivity index (χ1v) is 8.18. The lowest BCUT2D eigenvalue weighted by Crippen LogP contribution is -2.40. The highest BCUT2D eigenvalue weighted by Crippen LogP contribution is 2.29. The maximum atomic E-state index is 13.0. The summed E-state index contributed by atoms with van der Waals surface area (Å²) < 4.78 is 4.44. The zero-order valence-electron chi connectivity index (χ0n) is 14.9. The van der Waals surface area contributed by atoms with Crippen LogP contribution in [-0.2, 0) is 13.6 Å². The highest BCUT2D eigenvalue weighted by Gasteiger charge is 2.30. The van der Waals surface area contributed by atoms with Crippen molar-refractivity contribution in [2.75, 3.05) is 11.6 Å². The predicted octanol–water partition coefficient (Wildman–Crippen LogP) is 1.42. The number of aromatic nitrogens is 4. The van der Waals surface area contributed by atoms with Gasteiger partial charge in [0.05, 0.1) is 18.3 Å². The fraction of sp³-hybridized carbons (Fsp3) is 0.412. The van der Waals surface area contributed by atoms with Gasteiger partial charge < -0.3 is 0 Å². The SMILES string of the molecule is C=CCn1c(=O)c2c(nc3n2[C@@H](C)C(C)=NN3C/C=C/C)n(C)c1=O. The van der Waals surface area contributed by atoms with Crippen LogP contribution >= 0.6 is 0 Å². The van der Waals surface area contributed by atoms with Crippen LogP contribution in [0.5, 0.6) is 0 Å². The van der Waals surface area contributed by atoms with E-state index in [4.69, 9.17) is 0 Å². The van der Waals surface area contributed by atoms with E-state index >= 15 is 0 Å². The van der Waals surface area contributed by atoms with Crippen molar-refractivity contribution < 1.29 is 0 Å². The molecule has 1 atom stereocenters. The van der Waals surface area contributed by atoms with Crippen LogP contribution in [0.3, 0.4) is 0 Å². The first-order chi connectivity index (χ1) is 11.9. The molecule has 8 nitrogen and oxygen atoms in total. The fourth-order valence-corrected chi connectivity index (χ4v) is 3.00. The van der Waals surface area contributed by atoms with Gasteiger partial charge in [-0.15, -0.1) is 6.58 Å². The number of fused-ring (bicyclic) bond motifs is 3. The molecule has 3 rings (SSSR count). The van der Waals surface area contributed by atoms with Crippen LogP contribution in [0.2, 0.25) is 0 Å². The molecule has 3 heterocycles. The summed E-state index contributed by atoms with van der Waals surface area (Å²) in [4.78, 5) is 30.0. The van der Waals surface area contributed by atoms with Gasteiger partial charge in [-0.2, -0.15) is 10.1 Å². The third-order valence-corrected chi connectivity index (χ3v) is 4.48. The molecule has 8 heteroatoms. The lowest BCUT2D eigenvalue weighted by atomic mass is 10.2. The Balaban J connectivity index is 2.39. The number of anilines is 1. The molecule has 0 N–H and O–H groups in total. The zero-order valence-corrected chi connectivity index (χ0v) is 14.9. The molecule has 0 saturated carbocycles. The average molecular weight is 342 g/mol. The van der Waals surface area contributed by atoms with Gasteiger partial charge in [0.25, 0.3) is 5.56 Å². The second-order valence-corrected chi connectivity index (χ2v) is 6.07. The molecule has 1 aliphatic rings. The van der Waals surface area contributed by atoms with E-state index in [2.05, 4.69) is 16.7 Å². The number of rotatable bonds is 4. The molecule has 0 aromatic carbocycles. The van der Waals surface area contributed by atoms with Gasteiger partial charge in [-0.25, -0.2) is 9.80 Å². The normalized spacial score (nSPS) is 17.2. The summed E-state index contributed by atoms with van der Waals surface area (Å²) in [6, 6.07) is -0.121. The van der Waals surface area contributed by atoms with E-state index < -0.39 is 5.69 Å². The molecule has 0 spiro atoms. The summed E-state index contributed by atoms with van der Waals surface area (Å²) in [6.07, 6.45) is 5.44. The third-order valence-electron chi connectivity index (χ3n) is 4.48. The number of hydrogen-bond acceptors (Lipinski definition) is 5. The van der Waals surface area contributed by atoms with Gasteiger partial charge in [0.1, 0.15) is 0 Å². The van der Waals surface area contributed by atoms with Crippen LogP contribution < -0.4 is 16.3 Å². The Bertz CT molecular complexity index is 1020. The second kappa shape index (κ2) is 6.19. The highest BCUT2D eigenvalue weighted by molar-refractivity contribution is 5.91. The fourth-order valence-electron chi connectivity index (χ4n) is 3.00.